The van der Waals surface area contributed by atoms with Crippen LogP contribution in [0.15, 0.2) is 0 Å². The van der Waals surface area contributed by atoms with Gasteiger partial charge in [-0.2, -0.15) is 0 Å². The van der Waals surface area contributed by atoms with Crippen molar-refractivity contribution in [3.8, 4) is 0 Å². The standard InChI is InChI=1S/C26H39N3.2C10H18.3C9H18.5C8H16.16CH3.6ClH.6Zr/c1-15-17(3)21(7)25(22(8)18(15)4)28-13-11-27-12-14-29-26-23(9)19(5)16(2)20(6)24(26)10;2*1-8-6-7-9-4-2-3-5-10(8)9;2*1-6-5-7(2)9(4)8(6)3;1-2-3-6-9-7-4-5-8-9;5*1-2-5-8-6-3-4-7-8;;;;;;;;;;;;;;;;;;;;;;;;;;;;/h27H,11-14H2,1-10H3;2*8-10H,2-7H2,1H3;2*6-9H,5H2,1-4H3;9H,2-8H2,1H3;5*8H,2-7H2,1H3;16*1H3;6*1H;;;;;;/q-2;;;;;;;;;;;16*-1;;;;;;;;5*+4/p-6. The van der Waals surface area contributed by atoms with E-state index in [9.17, 15) is 0 Å². The Labute approximate surface area is 1030 Å². The fourth-order valence-corrected chi connectivity index (χ4v) is 24.6. The van der Waals surface area contributed by atoms with Gasteiger partial charge in [-0.1, -0.05) is 422 Å². The average molecular weight is 2610 g/mol. The van der Waals surface area contributed by atoms with Crippen molar-refractivity contribution in [3.05, 3.63) is 185 Å². The maximum absolute atomic E-state index is 4.93. The van der Waals surface area contributed by atoms with Crippen LogP contribution in [0.4, 0.5) is 11.4 Å². The molecule has 0 amide bonds. The Balaban J connectivity index is -0.0000000707. The molecule has 12 fully saturated rings. The summed E-state index contributed by atoms with van der Waals surface area (Å²) in [6.45, 7) is 63.1. The minimum atomic E-state index is -0.826. The van der Waals surface area contributed by atoms with E-state index in [1.807, 2.05) is 0 Å². The summed E-state index contributed by atoms with van der Waals surface area (Å²) in [4.78, 5) is 0. The number of benzene rings is 2. The molecule has 858 valence electrons. The van der Waals surface area contributed by atoms with E-state index >= 15 is 0 Å². The van der Waals surface area contributed by atoms with Gasteiger partial charge in [0.15, 0.2) is 0 Å². The Bertz CT molecular complexity index is 2530. The van der Waals surface area contributed by atoms with Crippen molar-refractivity contribution in [2.75, 3.05) is 26.2 Å². The maximum atomic E-state index is 4.93. The molecule has 0 bridgehead atoms. The van der Waals surface area contributed by atoms with Gasteiger partial charge in [-0.3, -0.25) is 0 Å². The molecule has 12 aliphatic rings. The first kappa shape index (κ1) is 193. The molecule has 3 nitrogen and oxygen atoms in total. The third-order valence-corrected chi connectivity index (χ3v) is 34.5. The van der Waals surface area contributed by atoms with Crippen LogP contribution in [0.2, 0.25) is 0 Å². The second-order valence-corrected chi connectivity index (χ2v) is 54.2. The molecule has 14 rings (SSSR count). The Morgan fingerprint density at radius 3 is 0.576 bits per heavy atom. The van der Waals surface area contributed by atoms with E-state index < -0.39 is 62.5 Å². The molecule has 0 aliphatic heterocycles. The van der Waals surface area contributed by atoms with Crippen LogP contribution in [0.1, 0.15) is 494 Å². The van der Waals surface area contributed by atoms with E-state index in [0.717, 1.165) is 145 Å². The van der Waals surface area contributed by atoms with E-state index in [1.54, 1.807) is 38.5 Å². The molecule has 0 spiro atoms. The zero-order valence-corrected chi connectivity index (χ0v) is 124. The third kappa shape index (κ3) is 81.6. The summed E-state index contributed by atoms with van der Waals surface area (Å²) in [5.74, 6) is 21.0. The first-order chi connectivity index (χ1) is 59.9. The Morgan fingerprint density at radius 2 is 0.410 bits per heavy atom. The smallest absolute Gasteiger partial charge is 0 e. The van der Waals surface area contributed by atoms with Crippen LogP contribution in [0.5, 0.6) is 0 Å². The predicted molar refractivity (Wildman–Crippen MR) is 663 cm³/mol. The molecule has 2 aromatic carbocycles. The van der Waals surface area contributed by atoms with Gasteiger partial charge in [0.05, 0.1) is 0 Å². The summed E-state index contributed by atoms with van der Waals surface area (Å²) in [5, 5.41) is 13.3. The van der Waals surface area contributed by atoms with E-state index in [-0.39, 0.29) is 197 Å². The Kier molecular flexibility index (Phi) is 164. The number of hydrogen-bond acceptors (Lipinski definition) is 1. The van der Waals surface area contributed by atoms with Crippen molar-refractivity contribution in [1.82, 2.24) is 5.32 Å². The quantitative estimate of drug-likeness (QED) is 0.0982. The molecule has 0 saturated heterocycles. The third-order valence-electron chi connectivity index (χ3n) is 34.5. The summed E-state index contributed by atoms with van der Waals surface area (Å²) < 4.78 is 0. The normalized spacial score (nSPS) is 22.9. The number of halogens is 6. The molecular weight excluding hydrogens is 2350 g/mol. The minimum absolute atomic E-state index is 0. The van der Waals surface area contributed by atoms with Crippen LogP contribution in [0.25, 0.3) is 10.6 Å². The first-order valence-corrected chi connectivity index (χ1v) is 73.0. The second-order valence-electron chi connectivity index (χ2n) is 43.0. The molecule has 14 atom stereocenters. The zero-order chi connectivity index (χ0) is 93.6. The summed E-state index contributed by atoms with van der Waals surface area (Å²) >= 11 is -2.48. The summed E-state index contributed by atoms with van der Waals surface area (Å²) in [5.41, 5.74) is 15.9. The van der Waals surface area contributed by atoms with Crippen LogP contribution >= 0.6 is 51.1 Å². The monoisotopic (exact) mass is 2600 g/mol. The molecule has 14 unspecified atom stereocenters. The van der Waals surface area contributed by atoms with Crippen LogP contribution in [-0.2, 0) is 141 Å². The van der Waals surface area contributed by atoms with Crippen LogP contribution < -0.4 is 5.32 Å². The SMILES string of the molecule is CC1CC(C)C(C)C1C.CC1CC(C)C(C)C1C.CC1CCC2CCCCC12.CC1CCC2CCCCC12.CCCC1CCCC1.CCCC1CCCC1.CCCC1CCCC1.CCCC1CCCC1.CCCC1CCCC1.CCCCC1CCCC1.Cc1c(C)c(C)c([N-]CCNCC[N-]c2c(C)c(C)c(C)c(C)c2C)c(C)c1C.[CH3-].[CH3-].[CH3-].[CH3-].[CH3-].[CH3-].[CH3-].[CH3-].[CH3-].[CH3-].[CH3-].[CH3-].[CH3-].[CH3-].[CH3-].[CH3-].[Cl][Zr+2][Cl].[Cl][Zr+2][Cl].[Cl][Zr+2][Cl].[Zr+4].[Zr+4].[Zr]. The number of rotatable bonds is 21. The molecule has 1 N–H and O–H groups in total. The van der Waals surface area contributed by atoms with E-state index in [1.165, 1.54) is 356 Å². The van der Waals surface area contributed by atoms with Gasteiger partial charge in [0.25, 0.3) is 0 Å². The first-order valence-electron chi connectivity index (χ1n) is 54.0. The average Bonchev–Trinajstić information content (AvgIpc) is 1.04. The molecule has 0 radical (unpaired) electrons. The van der Waals surface area contributed by atoms with Crippen molar-refractivity contribution in [1.29, 1.82) is 0 Å². The van der Waals surface area contributed by atoms with Crippen molar-refractivity contribution < 1.29 is 141 Å². The van der Waals surface area contributed by atoms with Gasteiger partial charge in [-0.15, -0.1) is 24.5 Å². The molecular formula is C129H257Cl6N3Zr6-4. The van der Waals surface area contributed by atoms with Gasteiger partial charge in [0, 0.05) is 26.2 Å². The van der Waals surface area contributed by atoms with Crippen molar-refractivity contribution in [2.24, 2.45) is 118 Å². The van der Waals surface area contributed by atoms with E-state index in [0.29, 0.717) is 0 Å². The Morgan fingerprint density at radius 1 is 0.236 bits per heavy atom. The topological polar surface area (TPSA) is 40.2 Å². The maximum Gasteiger partial charge on any atom is 4.00 e. The number of fused-ring (bicyclic) bond motifs is 2. The van der Waals surface area contributed by atoms with Gasteiger partial charge >= 0.3 is 166 Å². The van der Waals surface area contributed by atoms with Gasteiger partial charge in [-0.25, -0.2) is 0 Å². The molecule has 12 saturated carbocycles. The van der Waals surface area contributed by atoms with Crippen LogP contribution in [0, 0.1) is 306 Å². The molecule has 144 heavy (non-hydrogen) atoms. The number of nitrogens with zero attached hydrogens (tertiary/aromatic N) is 2. The van der Waals surface area contributed by atoms with Crippen LogP contribution in [-0.4, -0.2) is 26.2 Å². The summed E-state index contributed by atoms with van der Waals surface area (Å²) in [6.07, 6.45) is 76.4. The van der Waals surface area contributed by atoms with Crippen molar-refractivity contribution in [2.45, 2.75) is 507 Å². The summed E-state index contributed by atoms with van der Waals surface area (Å²) in [7, 11) is 29.6. The molecule has 2 aromatic rings. The van der Waals surface area contributed by atoms with Gasteiger partial charge in [0.2, 0.25) is 0 Å². The largest absolute Gasteiger partial charge is 4.00 e. The fraction of sp³-hybridized carbons (Fsp3) is 0.783. The second kappa shape index (κ2) is 122. The molecule has 0 heterocycles. The summed E-state index contributed by atoms with van der Waals surface area (Å²) in [6, 6.07) is 0. The molecule has 15 heteroatoms. The number of nitrogens with one attached hydrogen (secondary N) is 1. The zero-order valence-electron chi connectivity index (χ0n) is 105. The van der Waals surface area contributed by atoms with Crippen LogP contribution in [0.3, 0.4) is 0 Å². The fourth-order valence-electron chi connectivity index (χ4n) is 24.6. The van der Waals surface area contributed by atoms with Gasteiger partial charge in [0.1, 0.15) is 0 Å². The van der Waals surface area contributed by atoms with Crippen molar-refractivity contribution >= 4 is 62.5 Å². The molecule has 0 aromatic heterocycles. The number of unbranched alkanes of at least 4 members (excludes halogenated alkanes) is 1. The molecule has 12 aliphatic carbocycles. The minimum Gasteiger partial charge on any atom is 0 e. The van der Waals surface area contributed by atoms with E-state index in [2.05, 4.69) is 185 Å². The number of hydrogen-bond donors (Lipinski definition) is 1. The Hall–Kier alpha value is 5.04. The van der Waals surface area contributed by atoms with Gasteiger partial charge in [-0.05, 0) is 273 Å². The van der Waals surface area contributed by atoms with E-state index in [4.69, 9.17) is 61.7 Å². The van der Waals surface area contributed by atoms with Crippen molar-refractivity contribution in [3.63, 3.8) is 0 Å². The van der Waals surface area contributed by atoms with Gasteiger partial charge < -0.3 is 135 Å². The predicted octanol–water partition coefficient (Wildman–Crippen LogP) is 49.0.